The van der Waals surface area contributed by atoms with E-state index in [4.69, 9.17) is 4.74 Å². The Hall–Kier alpha value is -2.40. The number of carbonyl (C=O) groups excluding carboxylic acids is 2. The van der Waals surface area contributed by atoms with E-state index in [-0.39, 0.29) is 12.5 Å². The van der Waals surface area contributed by atoms with E-state index in [0.29, 0.717) is 6.54 Å². The van der Waals surface area contributed by atoms with Gasteiger partial charge < -0.3 is 10.1 Å². The summed E-state index contributed by atoms with van der Waals surface area (Å²) in [7, 11) is 0. The van der Waals surface area contributed by atoms with E-state index in [1.807, 2.05) is 35.0 Å². The summed E-state index contributed by atoms with van der Waals surface area (Å²) >= 11 is 1.55. The lowest BCUT2D eigenvalue weighted by molar-refractivity contribution is -0.143. The smallest absolute Gasteiger partial charge is 0.331 e. The number of esters is 1. The van der Waals surface area contributed by atoms with Crippen LogP contribution in [0.3, 0.4) is 0 Å². The largest absolute Gasteiger partial charge is 0.452 e. The number of rotatable bonds is 8. The van der Waals surface area contributed by atoms with Crippen LogP contribution >= 0.6 is 11.3 Å². The molecule has 1 heterocycles. The molecule has 0 aliphatic heterocycles. The molecule has 4 nitrogen and oxygen atoms in total. The van der Waals surface area contributed by atoms with Crippen molar-refractivity contribution in [3.8, 4) is 0 Å². The molecule has 1 aromatic carbocycles. The molecule has 1 N–H and O–H groups in total. The van der Waals surface area contributed by atoms with E-state index < -0.39 is 5.97 Å². The minimum absolute atomic E-state index is 0.252. The second kappa shape index (κ2) is 9.58. The van der Waals surface area contributed by atoms with Crippen molar-refractivity contribution in [2.24, 2.45) is 0 Å². The van der Waals surface area contributed by atoms with Crippen molar-refractivity contribution < 1.29 is 14.3 Å². The Kier molecular flexibility index (Phi) is 7.07. The Labute approximate surface area is 139 Å². The maximum Gasteiger partial charge on any atom is 0.331 e. The highest BCUT2D eigenvalue weighted by Gasteiger charge is 2.04. The number of hydrogen-bond acceptors (Lipinski definition) is 4. The number of hydrogen-bond donors (Lipinski definition) is 1. The van der Waals surface area contributed by atoms with Crippen molar-refractivity contribution in [3.05, 3.63) is 64.4 Å². The molecule has 120 valence electrons. The fraction of sp³-hybridized carbons (Fsp3) is 0.222. The maximum absolute atomic E-state index is 11.6. The zero-order valence-corrected chi connectivity index (χ0v) is 13.6. The average molecular weight is 329 g/mol. The molecule has 0 bridgehead atoms. The molecule has 1 amide bonds. The third kappa shape index (κ3) is 6.93. The predicted octanol–water partition coefficient (Wildman–Crippen LogP) is 3.05. The van der Waals surface area contributed by atoms with Crippen molar-refractivity contribution in [2.45, 2.75) is 12.8 Å². The van der Waals surface area contributed by atoms with Gasteiger partial charge in [0.15, 0.2) is 6.61 Å². The molecule has 2 rings (SSSR count). The van der Waals surface area contributed by atoms with Crippen LogP contribution < -0.4 is 5.32 Å². The molecule has 2 aromatic rings. The fourth-order valence-corrected chi connectivity index (χ4v) is 2.56. The first-order chi connectivity index (χ1) is 11.2. The highest BCUT2D eigenvalue weighted by atomic mass is 32.1. The van der Waals surface area contributed by atoms with Crippen molar-refractivity contribution in [3.63, 3.8) is 0 Å². The highest BCUT2D eigenvalue weighted by Crippen LogP contribution is 2.07. The molecular formula is C18H19NO3S. The van der Waals surface area contributed by atoms with Crippen LogP contribution in [0.4, 0.5) is 0 Å². The third-order valence-corrected chi connectivity index (χ3v) is 3.81. The molecule has 0 aliphatic rings. The van der Waals surface area contributed by atoms with Crippen molar-refractivity contribution in [1.82, 2.24) is 5.32 Å². The van der Waals surface area contributed by atoms with E-state index in [0.717, 1.165) is 18.4 Å². The van der Waals surface area contributed by atoms with Crippen LogP contribution in [0.15, 0.2) is 53.2 Å². The van der Waals surface area contributed by atoms with Gasteiger partial charge in [0.2, 0.25) is 0 Å². The van der Waals surface area contributed by atoms with Gasteiger partial charge in [-0.1, -0.05) is 30.3 Å². The highest BCUT2D eigenvalue weighted by molar-refractivity contribution is 7.08. The van der Waals surface area contributed by atoms with Crippen LogP contribution in [-0.4, -0.2) is 25.0 Å². The molecule has 5 heteroatoms. The van der Waals surface area contributed by atoms with Gasteiger partial charge in [0.25, 0.3) is 5.91 Å². The van der Waals surface area contributed by atoms with Crippen molar-refractivity contribution in [2.75, 3.05) is 13.2 Å². The summed E-state index contributed by atoms with van der Waals surface area (Å²) in [5.41, 5.74) is 2.18. The average Bonchev–Trinajstić information content (AvgIpc) is 3.09. The number of carbonyl (C=O) groups is 2. The normalized spacial score (nSPS) is 10.6. The number of aryl methyl sites for hydroxylation is 1. The number of amides is 1. The molecule has 23 heavy (non-hydrogen) atoms. The van der Waals surface area contributed by atoms with Crippen LogP contribution in [0.2, 0.25) is 0 Å². The van der Waals surface area contributed by atoms with Crippen molar-refractivity contribution in [1.29, 1.82) is 0 Å². The molecule has 0 fully saturated rings. The first-order valence-corrected chi connectivity index (χ1v) is 8.36. The molecule has 0 saturated heterocycles. The first kappa shape index (κ1) is 17.0. The Morgan fingerprint density at radius 2 is 2.00 bits per heavy atom. The van der Waals surface area contributed by atoms with Gasteiger partial charge in [0.1, 0.15) is 0 Å². The molecule has 0 saturated carbocycles. The molecule has 0 aliphatic carbocycles. The van der Waals surface area contributed by atoms with Crippen LogP contribution in [0.25, 0.3) is 6.08 Å². The topological polar surface area (TPSA) is 55.4 Å². The predicted molar refractivity (Wildman–Crippen MR) is 92.1 cm³/mol. The summed E-state index contributed by atoms with van der Waals surface area (Å²) in [6.45, 7) is 0.314. The molecule has 0 atom stereocenters. The number of benzene rings is 1. The first-order valence-electron chi connectivity index (χ1n) is 7.42. The third-order valence-electron chi connectivity index (χ3n) is 3.11. The Morgan fingerprint density at radius 1 is 1.17 bits per heavy atom. The Bertz CT molecular complexity index is 636. The van der Waals surface area contributed by atoms with Gasteiger partial charge >= 0.3 is 5.97 Å². The van der Waals surface area contributed by atoms with Gasteiger partial charge in [-0.25, -0.2) is 4.79 Å². The second-order valence-electron chi connectivity index (χ2n) is 4.94. The molecular weight excluding hydrogens is 310 g/mol. The zero-order chi connectivity index (χ0) is 16.3. The monoisotopic (exact) mass is 329 g/mol. The van der Waals surface area contributed by atoms with Crippen molar-refractivity contribution >= 4 is 29.3 Å². The SMILES string of the molecule is O=C(COC(=O)/C=C/c1ccsc1)NCCCc1ccccc1. The number of ether oxygens (including phenoxy) is 1. The zero-order valence-electron chi connectivity index (χ0n) is 12.7. The number of nitrogens with one attached hydrogen (secondary N) is 1. The van der Waals surface area contributed by atoms with E-state index in [9.17, 15) is 9.59 Å². The van der Waals surface area contributed by atoms with Gasteiger partial charge in [0.05, 0.1) is 0 Å². The summed E-state index contributed by atoms with van der Waals surface area (Å²) in [5.74, 6) is -0.800. The fourth-order valence-electron chi connectivity index (χ4n) is 1.93. The minimum atomic E-state index is -0.518. The van der Waals surface area contributed by atoms with Gasteiger partial charge in [-0.2, -0.15) is 11.3 Å². The lowest BCUT2D eigenvalue weighted by Crippen LogP contribution is -2.29. The van der Waals surface area contributed by atoms with Crippen LogP contribution in [0.1, 0.15) is 17.5 Å². The summed E-state index contributed by atoms with van der Waals surface area (Å²) in [6.07, 6.45) is 4.74. The van der Waals surface area contributed by atoms with E-state index >= 15 is 0 Å². The van der Waals surface area contributed by atoms with Gasteiger partial charge in [-0.15, -0.1) is 0 Å². The van der Waals surface area contributed by atoms with Gasteiger partial charge in [0, 0.05) is 12.6 Å². The number of thiophene rings is 1. The van der Waals surface area contributed by atoms with E-state index in [1.54, 1.807) is 17.4 Å². The quantitative estimate of drug-likeness (QED) is 0.460. The molecule has 0 spiro atoms. The maximum atomic E-state index is 11.6. The van der Waals surface area contributed by atoms with E-state index in [2.05, 4.69) is 17.4 Å². The molecule has 1 aromatic heterocycles. The van der Waals surface area contributed by atoms with Crippen LogP contribution in [0.5, 0.6) is 0 Å². The molecule has 0 radical (unpaired) electrons. The van der Waals surface area contributed by atoms with Crippen LogP contribution in [0, 0.1) is 0 Å². The van der Waals surface area contributed by atoms with Gasteiger partial charge in [-0.05, 0) is 46.9 Å². The summed E-state index contributed by atoms with van der Waals surface area (Å²) in [6, 6.07) is 12.0. The second-order valence-corrected chi connectivity index (χ2v) is 5.72. The molecule has 0 unspecified atom stereocenters. The van der Waals surface area contributed by atoms with Crippen LogP contribution in [-0.2, 0) is 20.7 Å². The minimum Gasteiger partial charge on any atom is -0.452 e. The summed E-state index contributed by atoms with van der Waals surface area (Å²) in [4.78, 5) is 23.1. The Morgan fingerprint density at radius 3 is 2.74 bits per heavy atom. The van der Waals surface area contributed by atoms with Gasteiger partial charge in [-0.3, -0.25) is 4.79 Å². The lowest BCUT2D eigenvalue weighted by atomic mass is 10.1. The van der Waals surface area contributed by atoms with E-state index in [1.165, 1.54) is 11.6 Å². The lowest BCUT2D eigenvalue weighted by Gasteiger charge is -2.05. The summed E-state index contributed by atoms with van der Waals surface area (Å²) in [5, 5.41) is 6.58. The Balaban J connectivity index is 1.57. The summed E-state index contributed by atoms with van der Waals surface area (Å²) < 4.78 is 4.88. The standard InChI is InChI=1S/C18H19NO3S/c20-17(19-11-4-7-15-5-2-1-3-6-15)13-22-18(21)9-8-16-10-12-23-14-16/h1-3,5-6,8-10,12,14H,4,7,11,13H2,(H,19,20)/b9-8+.